The van der Waals surface area contributed by atoms with E-state index in [1.54, 1.807) is 0 Å². The van der Waals surface area contributed by atoms with Crippen molar-refractivity contribution in [3.8, 4) is 11.8 Å². The molecule has 1 aliphatic rings. The molecule has 0 saturated heterocycles. The molecule has 0 amide bonds. The van der Waals surface area contributed by atoms with E-state index in [4.69, 9.17) is 4.74 Å². The molecule has 0 spiro atoms. The summed E-state index contributed by atoms with van der Waals surface area (Å²) < 4.78 is 22.3. The van der Waals surface area contributed by atoms with Crippen molar-refractivity contribution in [1.82, 2.24) is 10.5 Å². The molecule has 1 aliphatic heterocycles. The Hall–Kier alpha value is -2.62. The number of carbonyl (C=O) groups is 1. The third kappa shape index (κ3) is 2.55. The largest absolute Gasteiger partial charge is 0.480 e. The minimum Gasteiger partial charge on any atom is -0.480 e. The molecule has 1 aromatic heterocycles. The first kappa shape index (κ1) is 11.9. The fourth-order valence-electron chi connectivity index (χ4n) is 1.19. The van der Waals surface area contributed by atoms with Crippen molar-refractivity contribution in [3.05, 3.63) is 29.7 Å². The highest BCUT2D eigenvalue weighted by molar-refractivity contribution is 6.07. The topological polar surface area (TPSA) is 76.7 Å². The SMILES string of the molecule is COC1=C(F)C=NC(C#CC(=O)c2ccon2)N1. The van der Waals surface area contributed by atoms with Crippen molar-refractivity contribution in [3.63, 3.8) is 0 Å². The second-order valence-electron chi connectivity index (χ2n) is 3.19. The number of methoxy groups -OCH3 is 1. The van der Waals surface area contributed by atoms with Crippen LogP contribution in [-0.2, 0) is 4.74 Å². The number of ether oxygens (including phenoxy) is 1. The van der Waals surface area contributed by atoms with Crippen LogP contribution in [-0.4, -0.2) is 30.4 Å². The number of rotatable bonds is 2. The van der Waals surface area contributed by atoms with Gasteiger partial charge in [-0.05, 0) is 11.8 Å². The maximum Gasteiger partial charge on any atom is 0.257 e. The number of carbonyl (C=O) groups excluding carboxylic acids is 1. The quantitative estimate of drug-likeness (QED) is 0.473. The molecular formula is C11H8FN3O3. The second kappa shape index (κ2) is 5.14. The van der Waals surface area contributed by atoms with Gasteiger partial charge in [-0.15, -0.1) is 0 Å². The van der Waals surface area contributed by atoms with Crippen molar-refractivity contribution < 1.29 is 18.4 Å². The molecule has 0 saturated carbocycles. The highest BCUT2D eigenvalue weighted by Gasteiger charge is 2.15. The highest BCUT2D eigenvalue weighted by Crippen LogP contribution is 2.08. The highest BCUT2D eigenvalue weighted by atomic mass is 19.1. The minimum atomic E-state index is -0.740. The number of halogens is 1. The zero-order chi connectivity index (χ0) is 13.0. The Morgan fingerprint density at radius 2 is 2.50 bits per heavy atom. The van der Waals surface area contributed by atoms with Crippen LogP contribution in [0.4, 0.5) is 4.39 Å². The molecule has 18 heavy (non-hydrogen) atoms. The summed E-state index contributed by atoms with van der Waals surface area (Å²) in [7, 11) is 1.31. The lowest BCUT2D eigenvalue weighted by Gasteiger charge is -2.15. The standard InChI is InChI=1S/C11H8FN3O3/c1-17-11-7(12)6-13-10(14-11)3-2-9(16)8-4-5-18-15-8/h4-6,10,14H,1H3. The van der Waals surface area contributed by atoms with E-state index in [-0.39, 0.29) is 11.6 Å². The lowest BCUT2D eigenvalue weighted by molar-refractivity contribution is 0.104. The Kier molecular flexibility index (Phi) is 3.38. The molecule has 2 rings (SSSR count). The summed E-state index contributed by atoms with van der Waals surface area (Å²) in [5, 5.41) is 6.01. The summed E-state index contributed by atoms with van der Waals surface area (Å²) in [6.07, 6.45) is 1.51. The van der Waals surface area contributed by atoms with Gasteiger partial charge < -0.3 is 14.6 Å². The number of Topliss-reactive ketones (excluding diaryl/α,β-unsaturated/α-hetero) is 1. The molecule has 0 fully saturated rings. The minimum absolute atomic E-state index is 0.0711. The Morgan fingerprint density at radius 1 is 1.67 bits per heavy atom. The molecule has 7 heteroatoms. The van der Waals surface area contributed by atoms with Gasteiger partial charge in [-0.25, -0.2) is 0 Å². The van der Waals surface area contributed by atoms with Gasteiger partial charge in [-0.2, -0.15) is 4.39 Å². The van der Waals surface area contributed by atoms with E-state index in [1.807, 2.05) is 0 Å². The van der Waals surface area contributed by atoms with Crippen LogP contribution in [0.1, 0.15) is 10.5 Å². The summed E-state index contributed by atoms with van der Waals surface area (Å²) in [6, 6.07) is 1.40. The van der Waals surface area contributed by atoms with Crippen LogP contribution in [0.3, 0.4) is 0 Å². The number of allylic oxidation sites excluding steroid dienone is 1. The first-order valence-electron chi connectivity index (χ1n) is 4.90. The summed E-state index contributed by atoms with van der Waals surface area (Å²) in [5.74, 6) is 3.65. The van der Waals surface area contributed by atoms with Crippen molar-refractivity contribution in [1.29, 1.82) is 0 Å². The van der Waals surface area contributed by atoms with Gasteiger partial charge in [0.1, 0.15) is 6.26 Å². The molecule has 2 heterocycles. The van der Waals surface area contributed by atoms with Gasteiger partial charge in [0.25, 0.3) is 5.78 Å². The van der Waals surface area contributed by atoms with Crippen LogP contribution in [0.2, 0.25) is 0 Å². The van der Waals surface area contributed by atoms with Crippen LogP contribution in [0, 0.1) is 11.8 Å². The molecule has 0 aliphatic carbocycles. The molecule has 1 N–H and O–H groups in total. The fourth-order valence-corrected chi connectivity index (χ4v) is 1.19. The molecule has 0 aromatic carbocycles. The summed E-state index contributed by atoms with van der Waals surface area (Å²) in [5.41, 5.74) is 0.107. The van der Waals surface area contributed by atoms with E-state index in [0.717, 1.165) is 6.21 Å². The number of hydrogen-bond donors (Lipinski definition) is 1. The molecule has 92 valence electrons. The summed E-state index contributed by atoms with van der Waals surface area (Å²) in [6.45, 7) is 0. The van der Waals surface area contributed by atoms with Gasteiger partial charge in [0, 0.05) is 6.07 Å². The smallest absolute Gasteiger partial charge is 0.257 e. The van der Waals surface area contributed by atoms with E-state index >= 15 is 0 Å². The Morgan fingerprint density at radius 3 is 3.17 bits per heavy atom. The van der Waals surface area contributed by atoms with Gasteiger partial charge >= 0.3 is 0 Å². The summed E-state index contributed by atoms with van der Waals surface area (Å²) in [4.78, 5) is 15.2. The molecule has 1 atom stereocenters. The molecular weight excluding hydrogens is 241 g/mol. The predicted molar refractivity (Wildman–Crippen MR) is 59.2 cm³/mol. The average molecular weight is 249 g/mol. The Bertz CT molecular complexity index is 566. The van der Waals surface area contributed by atoms with E-state index in [0.29, 0.717) is 0 Å². The molecule has 0 radical (unpaired) electrons. The lowest BCUT2D eigenvalue weighted by atomic mass is 10.3. The molecule has 1 unspecified atom stereocenters. The van der Waals surface area contributed by atoms with E-state index in [2.05, 4.69) is 31.8 Å². The van der Waals surface area contributed by atoms with E-state index in [1.165, 1.54) is 19.4 Å². The zero-order valence-corrected chi connectivity index (χ0v) is 9.31. The van der Waals surface area contributed by atoms with Crippen LogP contribution in [0.25, 0.3) is 0 Å². The number of nitrogens with zero attached hydrogens (tertiary/aromatic N) is 2. The first-order valence-corrected chi connectivity index (χ1v) is 4.90. The number of nitrogens with one attached hydrogen (secondary N) is 1. The third-order valence-corrected chi connectivity index (χ3v) is 2.02. The van der Waals surface area contributed by atoms with Crippen LogP contribution in [0.15, 0.2) is 33.6 Å². The van der Waals surface area contributed by atoms with Crippen LogP contribution < -0.4 is 5.32 Å². The maximum absolute atomic E-state index is 13.0. The number of aromatic nitrogens is 1. The van der Waals surface area contributed by atoms with Crippen molar-refractivity contribution >= 4 is 12.0 Å². The monoisotopic (exact) mass is 249 g/mol. The van der Waals surface area contributed by atoms with Crippen molar-refractivity contribution in [2.24, 2.45) is 4.99 Å². The number of ketones is 1. The average Bonchev–Trinajstić information content (AvgIpc) is 2.91. The van der Waals surface area contributed by atoms with Crippen molar-refractivity contribution in [2.75, 3.05) is 7.11 Å². The van der Waals surface area contributed by atoms with Crippen molar-refractivity contribution in [2.45, 2.75) is 6.17 Å². The van der Waals surface area contributed by atoms with E-state index in [9.17, 15) is 9.18 Å². The first-order chi connectivity index (χ1) is 8.70. The third-order valence-electron chi connectivity index (χ3n) is 2.02. The predicted octanol–water partition coefficient (Wildman–Crippen LogP) is 0.646. The van der Waals surface area contributed by atoms with E-state index < -0.39 is 17.8 Å². The van der Waals surface area contributed by atoms with Gasteiger partial charge in [0.2, 0.25) is 11.7 Å². The van der Waals surface area contributed by atoms with Gasteiger partial charge in [-0.3, -0.25) is 9.79 Å². The maximum atomic E-state index is 13.0. The Labute approximate surface area is 102 Å². The molecule has 6 nitrogen and oxygen atoms in total. The molecule has 0 bridgehead atoms. The van der Waals surface area contributed by atoms with Crippen LogP contribution in [0.5, 0.6) is 0 Å². The lowest BCUT2D eigenvalue weighted by Crippen LogP contribution is -2.30. The number of hydrogen-bond acceptors (Lipinski definition) is 6. The fraction of sp³-hybridized carbons (Fsp3) is 0.182. The zero-order valence-electron chi connectivity index (χ0n) is 9.31. The van der Waals surface area contributed by atoms with Crippen LogP contribution >= 0.6 is 0 Å². The van der Waals surface area contributed by atoms with Gasteiger partial charge in [-0.1, -0.05) is 5.16 Å². The number of aliphatic imine (C=N–C) groups is 1. The Balaban J connectivity index is 2.05. The summed E-state index contributed by atoms with van der Waals surface area (Å²) >= 11 is 0. The second-order valence-corrected chi connectivity index (χ2v) is 3.19. The van der Waals surface area contributed by atoms with Gasteiger partial charge in [0.05, 0.1) is 13.3 Å². The normalized spacial score (nSPS) is 17.8. The molecule has 1 aromatic rings. The van der Waals surface area contributed by atoms with Gasteiger partial charge in [0.15, 0.2) is 11.9 Å².